The fraction of sp³-hybridized carbons (Fsp3) is 0.257. The minimum Gasteiger partial charge on any atom is -0.497 e. The van der Waals surface area contributed by atoms with E-state index < -0.39 is 28.5 Å². The number of amides is 2. The van der Waals surface area contributed by atoms with Crippen LogP contribution < -0.4 is 19.1 Å². The van der Waals surface area contributed by atoms with Gasteiger partial charge in [-0.2, -0.15) is 0 Å². The van der Waals surface area contributed by atoms with Crippen LogP contribution in [0.25, 0.3) is 0 Å². The van der Waals surface area contributed by atoms with Crippen LogP contribution in [0.2, 0.25) is 0 Å². The lowest BCUT2D eigenvalue weighted by Gasteiger charge is -2.34. The lowest BCUT2D eigenvalue weighted by atomic mass is 10.0. The van der Waals surface area contributed by atoms with Gasteiger partial charge in [0.25, 0.3) is 10.0 Å². The van der Waals surface area contributed by atoms with Gasteiger partial charge in [0.05, 0.1) is 24.8 Å². The van der Waals surface area contributed by atoms with Gasteiger partial charge in [-0.25, -0.2) is 8.42 Å². The molecule has 0 heterocycles. The van der Waals surface area contributed by atoms with E-state index in [4.69, 9.17) is 9.47 Å². The maximum Gasteiger partial charge on any atom is 0.264 e. The minimum absolute atomic E-state index is 0.00110. The Labute approximate surface area is 265 Å². The molecule has 0 saturated heterocycles. The predicted molar refractivity (Wildman–Crippen MR) is 175 cm³/mol. The number of nitrogens with zero attached hydrogens (tertiary/aromatic N) is 2. The molecule has 2 amide bonds. The van der Waals surface area contributed by atoms with Crippen molar-refractivity contribution in [3.63, 3.8) is 0 Å². The summed E-state index contributed by atoms with van der Waals surface area (Å²) in [6.45, 7) is 1.88. The third-order valence-corrected chi connectivity index (χ3v) is 9.05. The summed E-state index contributed by atoms with van der Waals surface area (Å²) in [5.74, 6) is -0.259. The van der Waals surface area contributed by atoms with Crippen molar-refractivity contribution in [3.05, 3.63) is 120 Å². The fourth-order valence-corrected chi connectivity index (χ4v) is 6.36. The SMILES string of the molecule is CCCNC(=O)[C@@H](Cc1ccccc1)N(Cc1ccccc1)C(=O)CN(c1cc(OC)ccc1OC)S(=O)(=O)c1ccccc1. The minimum atomic E-state index is -4.28. The Hall–Kier alpha value is -4.83. The second kappa shape index (κ2) is 15.8. The largest absolute Gasteiger partial charge is 0.497 e. The quantitative estimate of drug-likeness (QED) is 0.197. The summed E-state index contributed by atoms with van der Waals surface area (Å²) in [6.07, 6.45) is 0.956. The first-order chi connectivity index (χ1) is 21.8. The second-order valence-corrected chi connectivity index (χ2v) is 12.2. The number of hydrogen-bond donors (Lipinski definition) is 1. The van der Waals surface area contributed by atoms with Crippen LogP contribution in [-0.4, -0.2) is 58.5 Å². The van der Waals surface area contributed by atoms with Gasteiger partial charge < -0.3 is 19.7 Å². The van der Waals surface area contributed by atoms with Gasteiger partial charge in [0.2, 0.25) is 11.8 Å². The summed E-state index contributed by atoms with van der Waals surface area (Å²) in [6, 6.07) is 30.5. The fourth-order valence-electron chi connectivity index (χ4n) is 4.92. The van der Waals surface area contributed by atoms with Crippen LogP contribution in [0, 0.1) is 0 Å². The van der Waals surface area contributed by atoms with Crippen LogP contribution in [0.15, 0.2) is 114 Å². The van der Waals surface area contributed by atoms with E-state index in [0.717, 1.165) is 21.9 Å². The van der Waals surface area contributed by atoms with Crippen molar-refractivity contribution in [2.45, 2.75) is 37.2 Å². The average Bonchev–Trinajstić information content (AvgIpc) is 3.08. The molecular weight excluding hydrogens is 590 g/mol. The molecular formula is C35H39N3O6S. The molecule has 0 fully saturated rings. The van der Waals surface area contributed by atoms with Crippen molar-refractivity contribution < 1.29 is 27.5 Å². The van der Waals surface area contributed by atoms with Crippen LogP contribution in [0.5, 0.6) is 11.5 Å². The van der Waals surface area contributed by atoms with Crippen molar-refractivity contribution in [1.82, 2.24) is 10.2 Å². The molecule has 0 aromatic heterocycles. The van der Waals surface area contributed by atoms with Crippen LogP contribution >= 0.6 is 0 Å². The monoisotopic (exact) mass is 629 g/mol. The van der Waals surface area contributed by atoms with E-state index in [-0.39, 0.29) is 35.2 Å². The number of rotatable bonds is 15. The molecule has 9 nitrogen and oxygen atoms in total. The van der Waals surface area contributed by atoms with Crippen LogP contribution in [-0.2, 0) is 32.6 Å². The first-order valence-corrected chi connectivity index (χ1v) is 16.2. The molecule has 4 aromatic carbocycles. The number of hydrogen-bond acceptors (Lipinski definition) is 6. The van der Waals surface area contributed by atoms with Gasteiger partial charge in [0.1, 0.15) is 24.1 Å². The van der Waals surface area contributed by atoms with Gasteiger partial charge in [-0.1, -0.05) is 85.8 Å². The number of methoxy groups -OCH3 is 2. The summed E-state index contributed by atoms with van der Waals surface area (Å²) in [4.78, 5) is 29.7. The molecule has 10 heteroatoms. The zero-order valence-corrected chi connectivity index (χ0v) is 26.6. The summed E-state index contributed by atoms with van der Waals surface area (Å²) in [7, 11) is -1.39. The van der Waals surface area contributed by atoms with Crippen molar-refractivity contribution in [2.24, 2.45) is 0 Å². The molecule has 0 unspecified atom stereocenters. The Balaban J connectivity index is 1.84. The molecule has 236 valence electrons. The van der Waals surface area contributed by atoms with Crippen LogP contribution in [0.1, 0.15) is 24.5 Å². The predicted octanol–water partition coefficient (Wildman–Crippen LogP) is 5.07. The summed E-state index contributed by atoms with van der Waals surface area (Å²) >= 11 is 0. The highest BCUT2D eigenvalue weighted by molar-refractivity contribution is 7.92. The molecule has 4 rings (SSSR count). The zero-order chi connectivity index (χ0) is 32.2. The molecule has 1 atom stereocenters. The molecule has 0 bridgehead atoms. The number of carbonyl (C=O) groups is 2. The number of sulfonamides is 1. The Morgan fingerprint density at radius 1 is 0.800 bits per heavy atom. The van der Waals surface area contributed by atoms with E-state index in [1.54, 1.807) is 30.3 Å². The third kappa shape index (κ3) is 8.42. The zero-order valence-electron chi connectivity index (χ0n) is 25.8. The normalized spacial score (nSPS) is 11.7. The van der Waals surface area contributed by atoms with Crippen LogP contribution in [0.4, 0.5) is 5.69 Å². The highest BCUT2D eigenvalue weighted by Gasteiger charge is 2.35. The standard InChI is InChI=1S/C35H39N3O6S/c1-4-22-36-35(40)32(23-27-14-8-5-9-15-27)37(25-28-16-10-6-11-17-28)34(39)26-38(45(41,42)30-18-12-7-13-19-30)31-24-29(43-2)20-21-33(31)44-3/h5-21,24,32H,4,22-23,25-26H2,1-3H3,(H,36,40)/t32-/m1/s1. The van der Waals surface area contributed by atoms with E-state index in [1.807, 2.05) is 67.6 Å². The van der Waals surface area contributed by atoms with E-state index in [9.17, 15) is 18.0 Å². The van der Waals surface area contributed by atoms with Gasteiger partial charge >= 0.3 is 0 Å². The highest BCUT2D eigenvalue weighted by Crippen LogP contribution is 2.36. The lowest BCUT2D eigenvalue weighted by molar-refractivity contribution is -0.140. The summed E-state index contributed by atoms with van der Waals surface area (Å²) in [5, 5.41) is 2.95. The third-order valence-electron chi connectivity index (χ3n) is 7.28. The maximum atomic E-state index is 14.5. The molecule has 0 spiro atoms. The molecule has 1 N–H and O–H groups in total. The van der Waals surface area contributed by atoms with Gasteiger partial charge in [0.15, 0.2) is 0 Å². The Bertz CT molecular complexity index is 1650. The Morgan fingerprint density at radius 2 is 1.40 bits per heavy atom. The number of carbonyl (C=O) groups excluding carboxylic acids is 2. The van der Waals surface area contributed by atoms with E-state index >= 15 is 0 Å². The number of anilines is 1. The average molecular weight is 630 g/mol. The number of nitrogens with one attached hydrogen (secondary N) is 1. The first-order valence-electron chi connectivity index (χ1n) is 14.7. The molecule has 0 radical (unpaired) electrons. The Morgan fingerprint density at radius 3 is 1.98 bits per heavy atom. The number of ether oxygens (including phenoxy) is 2. The van der Waals surface area contributed by atoms with Gasteiger partial charge in [-0.05, 0) is 41.8 Å². The van der Waals surface area contributed by atoms with Crippen LogP contribution in [0.3, 0.4) is 0 Å². The Kier molecular flexibility index (Phi) is 11.6. The van der Waals surface area contributed by atoms with Gasteiger partial charge in [0, 0.05) is 25.6 Å². The molecule has 0 aliphatic carbocycles. The number of benzene rings is 4. The molecule has 4 aromatic rings. The van der Waals surface area contributed by atoms with E-state index in [2.05, 4.69) is 5.32 Å². The van der Waals surface area contributed by atoms with Crippen molar-refractivity contribution in [3.8, 4) is 11.5 Å². The van der Waals surface area contributed by atoms with E-state index in [1.165, 1.54) is 37.3 Å². The summed E-state index contributed by atoms with van der Waals surface area (Å²) < 4.78 is 40.4. The molecule has 0 aliphatic rings. The topological polar surface area (TPSA) is 105 Å². The second-order valence-electron chi connectivity index (χ2n) is 10.4. The van der Waals surface area contributed by atoms with E-state index in [0.29, 0.717) is 12.3 Å². The summed E-state index contributed by atoms with van der Waals surface area (Å²) in [5.41, 5.74) is 1.79. The van der Waals surface area contributed by atoms with Crippen molar-refractivity contribution in [2.75, 3.05) is 31.6 Å². The van der Waals surface area contributed by atoms with Gasteiger partial charge in [-0.15, -0.1) is 0 Å². The smallest absolute Gasteiger partial charge is 0.264 e. The van der Waals surface area contributed by atoms with Crippen molar-refractivity contribution in [1.29, 1.82) is 0 Å². The highest BCUT2D eigenvalue weighted by atomic mass is 32.2. The molecule has 0 aliphatic heterocycles. The van der Waals surface area contributed by atoms with Crippen molar-refractivity contribution >= 4 is 27.5 Å². The van der Waals surface area contributed by atoms with Gasteiger partial charge in [-0.3, -0.25) is 13.9 Å². The molecule has 0 saturated carbocycles. The maximum absolute atomic E-state index is 14.5. The molecule has 45 heavy (non-hydrogen) atoms. The lowest BCUT2D eigenvalue weighted by Crippen LogP contribution is -2.53. The first kappa shape index (κ1) is 33.1.